The first kappa shape index (κ1) is 24.6. The van der Waals surface area contributed by atoms with E-state index in [9.17, 15) is 25.0 Å². The smallest absolute Gasteiger partial charge is 0.270 e. The highest BCUT2D eigenvalue weighted by Gasteiger charge is 2.19. The highest BCUT2D eigenvalue weighted by molar-refractivity contribution is 9.10. The average Bonchev–Trinajstić information content (AvgIpc) is 3.29. The summed E-state index contributed by atoms with van der Waals surface area (Å²) < 4.78 is 12.3. The second-order valence-electron chi connectivity index (χ2n) is 6.99. The molecule has 11 nitrogen and oxygen atoms in total. The molecule has 0 radical (unpaired) electrons. The fourth-order valence-corrected chi connectivity index (χ4v) is 3.67. The molecule has 34 heavy (non-hydrogen) atoms. The SMILES string of the molecule is COCc1c(Br)c(C)n(CC(=O)N/N=C/c2ccc(-c3cccc([N+](=O)[O-])c3)o2)c(=O)c1C#N. The van der Waals surface area contributed by atoms with E-state index in [1.807, 2.05) is 6.07 Å². The van der Waals surface area contributed by atoms with Crippen LogP contribution < -0.4 is 11.0 Å². The number of rotatable bonds is 8. The number of nitrogens with one attached hydrogen (secondary N) is 1. The number of ether oxygens (including phenoxy) is 1. The van der Waals surface area contributed by atoms with Gasteiger partial charge >= 0.3 is 0 Å². The summed E-state index contributed by atoms with van der Waals surface area (Å²) in [5, 5.41) is 24.1. The topological polar surface area (TPSA) is 153 Å². The van der Waals surface area contributed by atoms with E-state index in [0.29, 0.717) is 32.8 Å². The van der Waals surface area contributed by atoms with Crippen LogP contribution in [0.3, 0.4) is 0 Å². The van der Waals surface area contributed by atoms with Crippen molar-refractivity contribution in [3.05, 3.63) is 83.9 Å². The number of hydrogen-bond donors (Lipinski definition) is 1. The Labute approximate surface area is 201 Å². The highest BCUT2D eigenvalue weighted by atomic mass is 79.9. The third-order valence-electron chi connectivity index (χ3n) is 4.80. The van der Waals surface area contributed by atoms with Crippen LogP contribution in [-0.4, -0.2) is 28.7 Å². The molecule has 1 N–H and O–H groups in total. The molecule has 0 aliphatic rings. The lowest BCUT2D eigenvalue weighted by Gasteiger charge is -2.15. The van der Waals surface area contributed by atoms with Crippen LogP contribution in [-0.2, 0) is 22.7 Å². The molecule has 1 amide bonds. The number of nitrogens with zero attached hydrogens (tertiary/aromatic N) is 4. The Morgan fingerprint density at radius 3 is 2.85 bits per heavy atom. The number of nitro benzene ring substituents is 1. The van der Waals surface area contributed by atoms with Crippen molar-refractivity contribution in [2.45, 2.75) is 20.1 Å². The monoisotopic (exact) mass is 527 g/mol. The lowest BCUT2D eigenvalue weighted by molar-refractivity contribution is -0.384. The molecule has 0 aliphatic carbocycles. The van der Waals surface area contributed by atoms with Crippen LogP contribution >= 0.6 is 15.9 Å². The van der Waals surface area contributed by atoms with E-state index in [4.69, 9.17) is 9.15 Å². The molecular weight excluding hydrogens is 510 g/mol. The first-order valence-electron chi connectivity index (χ1n) is 9.74. The third kappa shape index (κ3) is 5.28. The summed E-state index contributed by atoms with van der Waals surface area (Å²) in [6.07, 6.45) is 1.26. The van der Waals surface area contributed by atoms with Crippen molar-refractivity contribution in [2.24, 2.45) is 5.10 Å². The molecule has 2 aromatic heterocycles. The van der Waals surface area contributed by atoms with E-state index < -0.39 is 16.4 Å². The van der Waals surface area contributed by atoms with Crippen molar-refractivity contribution in [3.63, 3.8) is 0 Å². The van der Waals surface area contributed by atoms with Gasteiger partial charge in [-0.2, -0.15) is 10.4 Å². The van der Waals surface area contributed by atoms with Gasteiger partial charge in [-0.1, -0.05) is 12.1 Å². The van der Waals surface area contributed by atoms with Crippen molar-refractivity contribution in [1.82, 2.24) is 9.99 Å². The fraction of sp³-hybridized carbons (Fsp3) is 0.182. The van der Waals surface area contributed by atoms with Gasteiger partial charge in [0.05, 0.1) is 17.7 Å². The number of benzene rings is 1. The first-order chi connectivity index (χ1) is 16.3. The van der Waals surface area contributed by atoms with E-state index in [1.165, 1.54) is 30.0 Å². The Morgan fingerprint density at radius 2 is 2.18 bits per heavy atom. The molecule has 0 saturated heterocycles. The Kier molecular flexibility index (Phi) is 7.72. The average molecular weight is 528 g/mol. The van der Waals surface area contributed by atoms with Gasteiger partial charge in [0.15, 0.2) is 0 Å². The van der Waals surface area contributed by atoms with Crippen LogP contribution in [0.25, 0.3) is 11.3 Å². The van der Waals surface area contributed by atoms with Gasteiger partial charge in [0.2, 0.25) is 0 Å². The lowest BCUT2D eigenvalue weighted by atomic mass is 10.1. The number of halogens is 1. The van der Waals surface area contributed by atoms with Gasteiger partial charge in [0, 0.05) is 40.5 Å². The molecule has 0 spiro atoms. The second-order valence-corrected chi connectivity index (χ2v) is 7.78. The van der Waals surface area contributed by atoms with Crippen molar-refractivity contribution in [2.75, 3.05) is 7.11 Å². The van der Waals surface area contributed by atoms with Crippen LogP contribution in [0.5, 0.6) is 0 Å². The van der Waals surface area contributed by atoms with Crippen molar-refractivity contribution in [3.8, 4) is 17.4 Å². The van der Waals surface area contributed by atoms with Crippen LogP contribution in [0.4, 0.5) is 5.69 Å². The lowest BCUT2D eigenvalue weighted by Crippen LogP contribution is -2.33. The molecule has 0 aliphatic heterocycles. The Hall–Kier alpha value is -4.08. The molecule has 0 saturated carbocycles. The van der Waals surface area contributed by atoms with Crippen LogP contribution in [0.2, 0.25) is 0 Å². The molecule has 0 fully saturated rings. The van der Waals surface area contributed by atoms with Gasteiger partial charge in [-0.15, -0.1) is 0 Å². The number of non-ortho nitro benzene ring substituents is 1. The summed E-state index contributed by atoms with van der Waals surface area (Å²) in [5.74, 6) is 0.0967. The zero-order valence-electron chi connectivity index (χ0n) is 18.1. The number of hydrogen-bond acceptors (Lipinski definition) is 8. The Morgan fingerprint density at radius 1 is 1.41 bits per heavy atom. The third-order valence-corrected chi connectivity index (χ3v) is 5.85. The molecule has 0 unspecified atom stereocenters. The zero-order valence-corrected chi connectivity index (χ0v) is 19.7. The van der Waals surface area contributed by atoms with Crippen molar-refractivity contribution >= 4 is 33.7 Å². The number of amides is 1. The van der Waals surface area contributed by atoms with Crippen LogP contribution in [0, 0.1) is 28.4 Å². The number of hydrazone groups is 1. The maximum atomic E-state index is 12.7. The zero-order chi connectivity index (χ0) is 24.8. The van der Waals surface area contributed by atoms with Gasteiger partial charge in [-0.25, -0.2) is 5.43 Å². The van der Waals surface area contributed by atoms with Gasteiger partial charge < -0.3 is 13.7 Å². The summed E-state index contributed by atoms with van der Waals surface area (Å²) in [6, 6.07) is 11.0. The fourth-order valence-electron chi connectivity index (χ4n) is 3.15. The molecule has 1 aromatic carbocycles. The normalized spacial score (nSPS) is 10.9. The summed E-state index contributed by atoms with van der Waals surface area (Å²) in [6.45, 7) is 1.35. The molecule has 3 aromatic rings. The summed E-state index contributed by atoms with van der Waals surface area (Å²) in [5.41, 5.74) is 2.91. The summed E-state index contributed by atoms with van der Waals surface area (Å²) in [4.78, 5) is 35.5. The maximum Gasteiger partial charge on any atom is 0.270 e. The number of carbonyl (C=O) groups is 1. The predicted octanol–water partition coefficient (Wildman–Crippen LogP) is 3.26. The number of pyridine rings is 1. The largest absolute Gasteiger partial charge is 0.455 e. The predicted molar refractivity (Wildman–Crippen MR) is 125 cm³/mol. The Bertz CT molecular complexity index is 1390. The maximum absolute atomic E-state index is 12.7. The number of aromatic nitrogens is 1. The first-order valence-corrected chi connectivity index (χ1v) is 10.5. The van der Waals surface area contributed by atoms with Gasteiger partial charge in [0.25, 0.3) is 17.2 Å². The van der Waals surface area contributed by atoms with Crippen LogP contribution in [0.15, 0.2) is 55.2 Å². The van der Waals surface area contributed by atoms with Crippen molar-refractivity contribution < 1.29 is 18.9 Å². The number of furan rings is 1. The number of carbonyl (C=O) groups excluding carboxylic acids is 1. The van der Waals surface area contributed by atoms with E-state index in [1.54, 1.807) is 31.2 Å². The molecule has 3 rings (SSSR count). The van der Waals surface area contributed by atoms with E-state index in [-0.39, 0.29) is 24.4 Å². The van der Waals surface area contributed by atoms with Crippen LogP contribution in [0.1, 0.15) is 22.6 Å². The molecule has 0 bridgehead atoms. The summed E-state index contributed by atoms with van der Waals surface area (Å²) in [7, 11) is 1.45. The quantitative estimate of drug-likeness (QED) is 0.268. The number of nitro groups is 1. The second kappa shape index (κ2) is 10.7. The molecule has 2 heterocycles. The van der Waals surface area contributed by atoms with E-state index in [0.717, 1.165) is 0 Å². The molecular formula is C22H18BrN5O6. The minimum atomic E-state index is -0.609. The number of methoxy groups -OCH3 is 1. The van der Waals surface area contributed by atoms with E-state index >= 15 is 0 Å². The summed E-state index contributed by atoms with van der Waals surface area (Å²) >= 11 is 3.36. The van der Waals surface area contributed by atoms with Gasteiger partial charge in [-0.05, 0) is 35.0 Å². The minimum absolute atomic E-state index is 0.0663. The van der Waals surface area contributed by atoms with Crippen molar-refractivity contribution in [1.29, 1.82) is 5.26 Å². The highest BCUT2D eigenvalue weighted by Crippen LogP contribution is 2.25. The molecule has 0 atom stereocenters. The standard InChI is InChI=1S/C22H18BrN5O6/c1-13-21(23)18(12-33-2)17(9-24)22(30)27(13)11-20(29)26-25-10-16-6-7-19(34-16)14-4-3-5-15(8-14)28(31)32/h3-8,10H,11-12H2,1-2H3,(H,26,29)/b25-10+. The van der Waals surface area contributed by atoms with Gasteiger partial charge in [-0.3, -0.25) is 19.7 Å². The number of nitriles is 1. The minimum Gasteiger partial charge on any atom is -0.455 e. The van der Waals surface area contributed by atoms with Gasteiger partial charge in [0.1, 0.15) is 29.7 Å². The Balaban J connectivity index is 1.72. The van der Waals surface area contributed by atoms with E-state index in [2.05, 4.69) is 26.5 Å². The molecule has 174 valence electrons. The molecule has 12 heteroatoms.